The van der Waals surface area contributed by atoms with Crippen molar-refractivity contribution in [3.05, 3.63) is 34.9 Å². The lowest BCUT2D eigenvalue weighted by Gasteiger charge is -2.24. The third-order valence-corrected chi connectivity index (χ3v) is 5.88. The second kappa shape index (κ2) is 6.47. The predicted molar refractivity (Wildman–Crippen MR) is 97.6 cm³/mol. The van der Waals surface area contributed by atoms with Crippen LogP contribution in [0.3, 0.4) is 0 Å². The Hall–Kier alpha value is -1.84. The van der Waals surface area contributed by atoms with E-state index in [1.54, 1.807) is 0 Å². The van der Waals surface area contributed by atoms with Crippen molar-refractivity contribution in [2.24, 2.45) is 5.41 Å². The Morgan fingerprint density at radius 1 is 1.24 bits per heavy atom. The first-order chi connectivity index (χ1) is 11.8. The van der Waals surface area contributed by atoms with Crippen LogP contribution >= 0.6 is 0 Å². The van der Waals surface area contributed by atoms with Gasteiger partial charge in [-0.1, -0.05) is 44.0 Å². The van der Waals surface area contributed by atoms with Crippen molar-refractivity contribution in [3.63, 3.8) is 0 Å². The minimum Gasteiger partial charge on any atom is -0.480 e. The number of rotatable bonds is 8. The highest BCUT2D eigenvalue weighted by molar-refractivity contribution is 5.94. The summed E-state index contributed by atoms with van der Waals surface area (Å²) in [6, 6.07) is 5.52. The number of carboxylic acids is 1. The van der Waals surface area contributed by atoms with E-state index in [2.05, 4.69) is 44.3 Å². The molecule has 25 heavy (non-hydrogen) atoms. The molecule has 4 nitrogen and oxygen atoms in total. The molecular formula is C21H29NO3. The first kappa shape index (κ1) is 18.0. The van der Waals surface area contributed by atoms with Gasteiger partial charge in [0, 0.05) is 0 Å². The van der Waals surface area contributed by atoms with Crippen molar-refractivity contribution >= 4 is 11.9 Å². The lowest BCUT2D eigenvalue weighted by Crippen LogP contribution is -2.46. The first-order valence-corrected chi connectivity index (χ1v) is 9.43. The molecule has 1 aromatic rings. The van der Waals surface area contributed by atoms with Gasteiger partial charge in [0.1, 0.15) is 6.04 Å². The SMILES string of the molecule is CCCc1cc(C)ccc1C1(C(=O)NC(CC2(C)CC2)C(=O)O)CC1. The van der Waals surface area contributed by atoms with Gasteiger partial charge < -0.3 is 10.4 Å². The molecule has 136 valence electrons. The highest BCUT2D eigenvalue weighted by Crippen LogP contribution is 2.51. The smallest absolute Gasteiger partial charge is 0.326 e. The van der Waals surface area contributed by atoms with Gasteiger partial charge in [0.05, 0.1) is 5.41 Å². The normalized spacial score (nSPS) is 20.6. The van der Waals surface area contributed by atoms with Crippen molar-refractivity contribution < 1.29 is 14.7 Å². The maximum atomic E-state index is 13.0. The molecule has 2 saturated carbocycles. The monoisotopic (exact) mass is 343 g/mol. The van der Waals surface area contributed by atoms with Gasteiger partial charge in [-0.05, 0) is 62.0 Å². The van der Waals surface area contributed by atoms with E-state index in [1.807, 2.05) is 0 Å². The number of aryl methyl sites for hydroxylation is 2. The van der Waals surface area contributed by atoms with Crippen molar-refractivity contribution in [3.8, 4) is 0 Å². The molecule has 1 atom stereocenters. The third kappa shape index (κ3) is 3.73. The van der Waals surface area contributed by atoms with Gasteiger partial charge in [-0.15, -0.1) is 0 Å². The van der Waals surface area contributed by atoms with Crippen molar-refractivity contribution in [1.29, 1.82) is 0 Å². The number of aliphatic carboxylic acids is 1. The molecule has 2 aliphatic rings. The Labute approximate surface area is 150 Å². The van der Waals surface area contributed by atoms with Crippen molar-refractivity contribution in [2.45, 2.75) is 77.2 Å². The van der Waals surface area contributed by atoms with Gasteiger partial charge in [-0.25, -0.2) is 4.79 Å². The van der Waals surface area contributed by atoms with Crippen LogP contribution in [0.2, 0.25) is 0 Å². The van der Waals surface area contributed by atoms with Gasteiger partial charge in [-0.3, -0.25) is 4.79 Å². The fourth-order valence-electron chi connectivity index (χ4n) is 3.82. The zero-order valence-electron chi connectivity index (χ0n) is 15.5. The Morgan fingerprint density at radius 2 is 1.92 bits per heavy atom. The highest BCUT2D eigenvalue weighted by atomic mass is 16.4. The van der Waals surface area contributed by atoms with Crippen LogP contribution in [0, 0.1) is 12.3 Å². The minimum atomic E-state index is -0.921. The molecule has 3 rings (SSSR count). The van der Waals surface area contributed by atoms with Crippen LogP contribution in [0.1, 0.15) is 69.1 Å². The molecule has 2 aliphatic carbocycles. The van der Waals surface area contributed by atoms with Crippen molar-refractivity contribution in [1.82, 2.24) is 5.32 Å². The molecule has 0 aromatic heterocycles. The van der Waals surface area contributed by atoms with E-state index in [1.165, 1.54) is 11.1 Å². The number of benzene rings is 1. The summed E-state index contributed by atoms with van der Waals surface area (Å²) in [7, 11) is 0. The van der Waals surface area contributed by atoms with Crippen LogP contribution in [-0.4, -0.2) is 23.0 Å². The fraction of sp³-hybridized carbons (Fsp3) is 0.619. The maximum absolute atomic E-state index is 13.0. The summed E-state index contributed by atoms with van der Waals surface area (Å²) in [5.41, 5.74) is 3.10. The largest absolute Gasteiger partial charge is 0.480 e. The lowest BCUT2D eigenvalue weighted by molar-refractivity contribution is -0.142. The number of carboxylic acid groups (broad SMARTS) is 1. The summed E-state index contributed by atoms with van der Waals surface area (Å²) in [6.45, 7) is 6.31. The average molecular weight is 343 g/mol. The van der Waals surface area contributed by atoms with E-state index >= 15 is 0 Å². The molecule has 2 N–H and O–H groups in total. The summed E-state index contributed by atoms with van der Waals surface area (Å²) in [5, 5.41) is 12.4. The molecule has 0 aliphatic heterocycles. The van der Waals surface area contributed by atoms with Crippen LogP contribution in [0.15, 0.2) is 18.2 Å². The van der Waals surface area contributed by atoms with Gasteiger partial charge in [-0.2, -0.15) is 0 Å². The second-order valence-corrected chi connectivity index (χ2v) is 8.37. The summed E-state index contributed by atoms with van der Waals surface area (Å²) in [6.07, 6.45) is 6.23. The van der Waals surface area contributed by atoms with Gasteiger partial charge >= 0.3 is 5.97 Å². The Bertz CT molecular complexity index is 686. The maximum Gasteiger partial charge on any atom is 0.326 e. The van der Waals surface area contributed by atoms with Crippen LogP contribution in [-0.2, 0) is 21.4 Å². The van der Waals surface area contributed by atoms with Crippen LogP contribution < -0.4 is 5.32 Å². The first-order valence-electron chi connectivity index (χ1n) is 9.43. The molecule has 4 heteroatoms. The van der Waals surface area contributed by atoms with Crippen LogP contribution in [0.4, 0.5) is 0 Å². The Morgan fingerprint density at radius 3 is 2.44 bits per heavy atom. The molecule has 0 bridgehead atoms. The molecule has 1 amide bonds. The Balaban J connectivity index is 1.80. The molecule has 0 saturated heterocycles. The van der Waals surface area contributed by atoms with Gasteiger partial charge in [0.15, 0.2) is 0 Å². The second-order valence-electron chi connectivity index (χ2n) is 8.37. The van der Waals surface area contributed by atoms with Crippen LogP contribution in [0.5, 0.6) is 0 Å². The summed E-state index contributed by atoms with van der Waals surface area (Å²) < 4.78 is 0. The fourth-order valence-corrected chi connectivity index (χ4v) is 3.82. The predicted octanol–water partition coefficient (Wildman–Crippen LogP) is 3.74. The quantitative estimate of drug-likeness (QED) is 0.756. The number of carbonyl (C=O) groups excluding carboxylic acids is 1. The van der Waals surface area contributed by atoms with E-state index in [0.29, 0.717) is 6.42 Å². The van der Waals surface area contributed by atoms with E-state index in [9.17, 15) is 14.7 Å². The topological polar surface area (TPSA) is 66.4 Å². The molecule has 0 spiro atoms. The van der Waals surface area contributed by atoms with Gasteiger partial charge in [0.25, 0.3) is 0 Å². The van der Waals surface area contributed by atoms with Crippen LogP contribution in [0.25, 0.3) is 0 Å². The number of hydrogen-bond acceptors (Lipinski definition) is 2. The zero-order chi connectivity index (χ0) is 18.2. The molecule has 0 radical (unpaired) electrons. The summed E-state index contributed by atoms with van der Waals surface area (Å²) in [5.74, 6) is -1.03. The number of amides is 1. The Kier molecular flexibility index (Phi) is 4.65. The molecule has 1 unspecified atom stereocenters. The standard InChI is InChI=1S/C21H29NO3/c1-4-5-15-12-14(2)6-7-16(15)21(10-11-21)19(25)22-17(18(23)24)13-20(3)8-9-20/h6-7,12,17H,4-5,8-11,13H2,1-3H3,(H,22,25)(H,23,24). The van der Waals surface area contributed by atoms with E-state index in [4.69, 9.17) is 0 Å². The number of carbonyl (C=O) groups is 2. The van der Waals surface area contributed by atoms with E-state index < -0.39 is 17.4 Å². The van der Waals surface area contributed by atoms with E-state index in [-0.39, 0.29) is 11.3 Å². The molecule has 1 aromatic carbocycles. The molecule has 2 fully saturated rings. The van der Waals surface area contributed by atoms with E-state index in [0.717, 1.165) is 44.1 Å². The number of hydrogen-bond donors (Lipinski definition) is 2. The zero-order valence-corrected chi connectivity index (χ0v) is 15.5. The third-order valence-electron chi connectivity index (χ3n) is 5.88. The van der Waals surface area contributed by atoms with Crippen molar-refractivity contribution in [2.75, 3.05) is 0 Å². The molecule has 0 heterocycles. The average Bonchev–Trinajstić information content (AvgIpc) is 3.45. The molecular weight excluding hydrogens is 314 g/mol. The summed E-state index contributed by atoms with van der Waals surface area (Å²) >= 11 is 0. The highest BCUT2D eigenvalue weighted by Gasteiger charge is 2.53. The number of nitrogens with one attached hydrogen (secondary N) is 1. The lowest BCUT2D eigenvalue weighted by atomic mass is 9.87. The summed E-state index contributed by atoms with van der Waals surface area (Å²) in [4.78, 5) is 24.6. The minimum absolute atomic E-state index is 0.0876. The van der Waals surface area contributed by atoms with Gasteiger partial charge in [0.2, 0.25) is 5.91 Å².